The molecule has 0 aromatic rings. The van der Waals surface area contributed by atoms with Crippen molar-refractivity contribution >= 4 is 11.6 Å². The minimum atomic E-state index is -1.99. The Kier molecular flexibility index (Phi) is 5.36. The number of ketones is 2. The van der Waals surface area contributed by atoms with Crippen molar-refractivity contribution in [2.75, 3.05) is 19.8 Å². The van der Waals surface area contributed by atoms with Gasteiger partial charge in [0.1, 0.15) is 12.2 Å². The number of Topliss-reactive ketones (excluding diaryl/α,β-unsaturated/α-hetero) is 1. The van der Waals surface area contributed by atoms with Gasteiger partial charge in [0.15, 0.2) is 17.2 Å². The fraction of sp³-hybridized carbons (Fsp3) is 0.750. The molecular formula is C24H33FO6. The summed E-state index contributed by atoms with van der Waals surface area (Å²) in [4.78, 5) is 25.0. The highest BCUT2D eigenvalue weighted by molar-refractivity contribution is 6.01. The average molecular weight is 437 g/mol. The third kappa shape index (κ3) is 2.76. The SMILES string of the molecule is CC1C[C@H]2[C@@H]3CCC4=CC(=O)C=C[C@]4(C)[C@@]3(F)C(O)C[C@]2(C)[C@@]1(O)C(=O)COCCO. The third-order valence-electron chi connectivity index (χ3n) is 9.12. The van der Waals surface area contributed by atoms with Crippen LogP contribution < -0.4 is 0 Å². The summed E-state index contributed by atoms with van der Waals surface area (Å²) in [5.74, 6) is -1.92. The van der Waals surface area contributed by atoms with Crippen LogP contribution in [-0.4, -0.2) is 64.1 Å². The minimum absolute atomic E-state index is 0.00624. The van der Waals surface area contributed by atoms with Gasteiger partial charge in [-0.3, -0.25) is 9.59 Å². The Morgan fingerprint density at radius 2 is 2.03 bits per heavy atom. The molecule has 0 bridgehead atoms. The summed E-state index contributed by atoms with van der Waals surface area (Å²) in [6.45, 7) is 4.78. The molecule has 3 N–H and O–H groups in total. The van der Waals surface area contributed by atoms with Gasteiger partial charge >= 0.3 is 0 Å². The van der Waals surface area contributed by atoms with Crippen LogP contribution in [-0.2, 0) is 14.3 Å². The Labute approximate surface area is 182 Å². The first-order valence-corrected chi connectivity index (χ1v) is 11.2. The molecule has 0 heterocycles. The number of rotatable bonds is 5. The highest BCUT2D eigenvalue weighted by Crippen LogP contribution is 2.70. The number of ether oxygens (including phenoxy) is 1. The number of hydrogen-bond acceptors (Lipinski definition) is 6. The molecule has 3 fully saturated rings. The van der Waals surface area contributed by atoms with E-state index in [1.807, 2.05) is 0 Å². The van der Waals surface area contributed by atoms with Crippen LogP contribution >= 0.6 is 0 Å². The number of allylic oxidation sites excluding steroid dienone is 4. The van der Waals surface area contributed by atoms with Gasteiger partial charge in [-0.25, -0.2) is 4.39 Å². The molecule has 2 unspecified atom stereocenters. The Morgan fingerprint density at radius 1 is 1.32 bits per heavy atom. The number of hydrogen-bond donors (Lipinski definition) is 3. The van der Waals surface area contributed by atoms with Crippen LogP contribution in [0.1, 0.15) is 46.5 Å². The Morgan fingerprint density at radius 3 is 2.71 bits per heavy atom. The second-order valence-corrected chi connectivity index (χ2v) is 10.4. The van der Waals surface area contributed by atoms with Gasteiger partial charge in [0, 0.05) is 16.7 Å². The van der Waals surface area contributed by atoms with Crippen molar-refractivity contribution in [2.24, 2.45) is 28.6 Å². The van der Waals surface area contributed by atoms with Gasteiger partial charge in [-0.2, -0.15) is 0 Å². The Hall–Kier alpha value is -1.41. The summed E-state index contributed by atoms with van der Waals surface area (Å²) in [5, 5.41) is 31.9. The average Bonchev–Trinajstić information content (AvgIpc) is 2.91. The van der Waals surface area contributed by atoms with Crippen molar-refractivity contribution in [3.63, 3.8) is 0 Å². The second kappa shape index (κ2) is 7.30. The van der Waals surface area contributed by atoms with Gasteiger partial charge < -0.3 is 20.1 Å². The molecule has 3 saturated carbocycles. The van der Waals surface area contributed by atoms with Crippen LogP contribution in [0.5, 0.6) is 0 Å². The van der Waals surface area contributed by atoms with Gasteiger partial charge in [0.05, 0.1) is 19.3 Å². The molecule has 0 amide bonds. The smallest absolute Gasteiger partial charge is 0.190 e. The van der Waals surface area contributed by atoms with E-state index in [9.17, 15) is 19.8 Å². The maximum atomic E-state index is 17.0. The number of alkyl halides is 1. The zero-order chi connectivity index (χ0) is 22.8. The molecule has 0 aromatic carbocycles. The quantitative estimate of drug-likeness (QED) is 0.569. The molecule has 0 aromatic heterocycles. The summed E-state index contributed by atoms with van der Waals surface area (Å²) in [6, 6.07) is 0. The van der Waals surface area contributed by atoms with Crippen LogP contribution in [0.4, 0.5) is 4.39 Å². The van der Waals surface area contributed by atoms with Gasteiger partial charge in [-0.1, -0.05) is 25.5 Å². The number of carbonyl (C=O) groups excluding carboxylic acids is 2. The van der Waals surface area contributed by atoms with Crippen molar-refractivity contribution in [1.82, 2.24) is 0 Å². The molecule has 8 atom stereocenters. The largest absolute Gasteiger partial charge is 0.394 e. The van der Waals surface area contributed by atoms with Crippen molar-refractivity contribution in [2.45, 2.75) is 63.8 Å². The minimum Gasteiger partial charge on any atom is -0.394 e. The summed E-state index contributed by atoms with van der Waals surface area (Å²) < 4.78 is 22.2. The maximum absolute atomic E-state index is 17.0. The molecule has 0 radical (unpaired) electrons. The number of aliphatic hydroxyl groups is 3. The predicted octanol–water partition coefficient (Wildman–Crippen LogP) is 1.91. The zero-order valence-corrected chi connectivity index (χ0v) is 18.4. The van der Waals surface area contributed by atoms with E-state index in [0.717, 1.165) is 0 Å². The fourth-order valence-corrected chi connectivity index (χ4v) is 7.48. The molecule has 6 nitrogen and oxygen atoms in total. The van der Waals surface area contributed by atoms with Crippen molar-refractivity contribution in [3.05, 3.63) is 23.8 Å². The monoisotopic (exact) mass is 436 g/mol. The van der Waals surface area contributed by atoms with Crippen LogP contribution in [0.3, 0.4) is 0 Å². The lowest BCUT2D eigenvalue weighted by Gasteiger charge is -2.62. The molecule has 7 heteroatoms. The van der Waals surface area contributed by atoms with E-state index in [0.29, 0.717) is 24.8 Å². The maximum Gasteiger partial charge on any atom is 0.190 e. The standard InChI is InChI=1S/C24H33FO6/c1-14-10-18-17-5-4-15-11-16(27)6-7-21(15,2)23(17,25)19(28)12-22(18,3)24(14,30)20(29)13-31-9-8-26/h6-7,11,14,17-19,26,28,30H,4-5,8-10,12-13H2,1-3H3/t14?,17-,18-,19?,21-,22-,23-,24-/m0/s1. The number of aliphatic hydroxyl groups excluding tert-OH is 2. The Bertz CT molecular complexity index is 853. The highest BCUT2D eigenvalue weighted by atomic mass is 19.1. The van der Waals surface area contributed by atoms with Crippen LogP contribution in [0.15, 0.2) is 23.8 Å². The van der Waals surface area contributed by atoms with E-state index < -0.39 is 45.8 Å². The second-order valence-electron chi connectivity index (χ2n) is 10.4. The van der Waals surface area contributed by atoms with E-state index in [2.05, 4.69) is 0 Å². The zero-order valence-electron chi connectivity index (χ0n) is 18.4. The van der Waals surface area contributed by atoms with E-state index in [1.165, 1.54) is 12.2 Å². The Balaban J connectivity index is 1.73. The van der Waals surface area contributed by atoms with E-state index in [4.69, 9.17) is 9.84 Å². The molecule has 31 heavy (non-hydrogen) atoms. The lowest BCUT2D eigenvalue weighted by atomic mass is 9.44. The first-order chi connectivity index (χ1) is 14.5. The van der Waals surface area contributed by atoms with Gasteiger partial charge in [0.25, 0.3) is 0 Å². The van der Waals surface area contributed by atoms with Crippen molar-refractivity contribution in [3.8, 4) is 0 Å². The molecule has 0 spiro atoms. The highest BCUT2D eigenvalue weighted by Gasteiger charge is 2.75. The number of carbonyl (C=O) groups is 2. The summed E-state index contributed by atoms with van der Waals surface area (Å²) >= 11 is 0. The van der Waals surface area contributed by atoms with E-state index >= 15 is 4.39 Å². The molecule has 4 aliphatic rings. The molecule has 4 aliphatic carbocycles. The number of halogens is 1. The summed E-state index contributed by atoms with van der Waals surface area (Å²) in [5.41, 5.74) is -5.12. The first-order valence-electron chi connectivity index (χ1n) is 11.2. The topological polar surface area (TPSA) is 104 Å². The number of fused-ring (bicyclic) bond motifs is 5. The molecule has 0 saturated heterocycles. The molecular weight excluding hydrogens is 403 g/mol. The van der Waals surface area contributed by atoms with Crippen molar-refractivity contribution in [1.29, 1.82) is 0 Å². The van der Waals surface area contributed by atoms with Crippen molar-refractivity contribution < 1.29 is 34.0 Å². The first kappa shape index (κ1) is 22.8. The van der Waals surface area contributed by atoms with Gasteiger partial charge in [0.2, 0.25) is 0 Å². The predicted molar refractivity (Wildman–Crippen MR) is 111 cm³/mol. The normalized spacial score (nSPS) is 48.6. The van der Waals surface area contributed by atoms with Crippen LogP contribution in [0.25, 0.3) is 0 Å². The molecule has 4 rings (SSSR count). The van der Waals surface area contributed by atoms with E-state index in [-0.39, 0.29) is 37.9 Å². The van der Waals surface area contributed by atoms with Gasteiger partial charge in [-0.05, 0) is 56.6 Å². The molecule has 0 aliphatic heterocycles. The molecule has 172 valence electrons. The van der Waals surface area contributed by atoms with Crippen LogP contribution in [0.2, 0.25) is 0 Å². The third-order valence-corrected chi connectivity index (χ3v) is 9.12. The van der Waals surface area contributed by atoms with Gasteiger partial charge in [-0.15, -0.1) is 0 Å². The fourth-order valence-electron chi connectivity index (χ4n) is 7.48. The summed E-state index contributed by atoms with van der Waals surface area (Å²) in [7, 11) is 0. The van der Waals surface area contributed by atoms with E-state index in [1.54, 1.807) is 26.8 Å². The lowest BCUT2D eigenvalue weighted by molar-refractivity contribution is -0.220. The van der Waals surface area contributed by atoms with Crippen LogP contribution in [0, 0.1) is 28.6 Å². The lowest BCUT2D eigenvalue weighted by Crippen LogP contribution is -2.69. The summed E-state index contributed by atoms with van der Waals surface area (Å²) in [6.07, 6.45) is 4.49.